The highest BCUT2D eigenvalue weighted by atomic mass is 32.2. The van der Waals surface area contributed by atoms with Crippen LogP contribution < -0.4 is 5.32 Å². The van der Waals surface area contributed by atoms with Crippen LogP contribution in [0.5, 0.6) is 0 Å². The van der Waals surface area contributed by atoms with Crippen molar-refractivity contribution in [1.29, 1.82) is 0 Å². The third-order valence-corrected chi connectivity index (χ3v) is 5.95. The molecular weight excluding hydrogens is 252 g/mol. The van der Waals surface area contributed by atoms with Crippen LogP contribution >= 0.6 is 11.8 Å². The Bertz CT molecular complexity index is 263. The first-order chi connectivity index (χ1) is 9.21. The van der Waals surface area contributed by atoms with E-state index in [1.807, 2.05) is 11.8 Å². The van der Waals surface area contributed by atoms with Crippen molar-refractivity contribution in [2.75, 3.05) is 31.6 Å². The van der Waals surface area contributed by atoms with E-state index in [0.717, 1.165) is 12.0 Å². The first-order valence-electron chi connectivity index (χ1n) is 8.19. The largest absolute Gasteiger partial charge is 0.308 e. The van der Waals surface area contributed by atoms with Gasteiger partial charge in [-0.25, -0.2) is 0 Å². The van der Waals surface area contributed by atoms with Crippen molar-refractivity contribution in [2.45, 2.75) is 64.0 Å². The van der Waals surface area contributed by atoms with Gasteiger partial charge in [-0.2, -0.15) is 11.8 Å². The minimum atomic E-state index is 0.459. The molecule has 2 fully saturated rings. The number of hydrogen-bond acceptors (Lipinski definition) is 3. The zero-order valence-electron chi connectivity index (χ0n) is 13.1. The molecule has 1 heterocycles. The Hall–Kier alpha value is 0.270. The molecule has 1 saturated heterocycles. The van der Waals surface area contributed by atoms with Crippen molar-refractivity contribution >= 4 is 11.8 Å². The Morgan fingerprint density at radius 3 is 2.68 bits per heavy atom. The van der Waals surface area contributed by atoms with Crippen molar-refractivity contribution < 1.29 is 0 Å². The van der Waals surface area contributed by atoms with Gasteiger partial charge in [-0.15, -0.1) is 0 Å². The maximum atomic E-state index is 3.96. The van der Waals surface area contributed by atoms with Crippen LogP contribution in [-0.2, 0) is 0 Å². The second-order valence-electron chi connectivity index (χ2n) is 6.64. The molecule has 2 rings (SSSR count). The maximum Gasteiger partial charge on any atom is 0.0309 e. The Balaban J connectivity index is 2.00. The minimum Gasteiger partial charge on any atom is -0.308 e. The number of hydrogen-bond donors (Lipinski definition) is 1. The van der Waals surface area contributed by atoms with Crippen LogP contribution in [0.4, 0.5) is 0 Å². The van der Waals surface area contributed by atoms with Gasteiger partial charge in [-0.1, -0.05) is 39.5 Å². The minimum absolute atomic E-state index is 0.459. The van der Waals surface area contributed by atoms with Gasteiger partial charge in [-0.05, 0) is 25.0 Å². The van der Waals surface area contributed by atoms with Gasteiger partial charge in [-0.3, -0.25) is 4.90 Å². The molecule has 1 N–H and O–H groups in total. The van der Waals surface area contributed by atoms with Gasteiger partial charge in [0.2, 0.25) is 0 Å². The molecule has 1 saturated carbocycles. The van der Waals surface area contributed by atoms with E-state index in [1.165, 1.54) is 63.9 Å². The average Bonchev–Trinajstić information content (AvgIpc) is 2.45. The molecule has 1 spiro atoms. The van der Waals surface area contributed by atoms with Gasteiger partial charge in [0.1, 0.15) is 0 Å². The number of thioether (sulfide) groups is 1. The second-order valence-corrected chi connectivity index (χ2v) is 7.62. The molecule has 0 bridgehead atoms. The maximum absolute atomic E-state index is 3.96. The van der Waals surface area contributed by atoms with E-state index < -0.39 is 0 Å². The fraction of sp³-hybridized carbons (Fsp3) is 1.00. The molecule has 2 aliphatic rings. The summed E-state index contributed by atoms with van der Waals surface area (Å²) >= 11 is 1.99. The lowest BCUT2D eigenvalue weighted by molar-refractivity contribution is 0.0370. The highest BCUT2D eigenvalue weighted by molar-refractivity contribution is 7.98. The van der Waals surface area contributed by atoms with E-state index in [2.05, 4.69) is 30.3 Å². The van der Waals surface area contributed by atoms with Gasteiger partial charge in [0.05, 0.1) is 0 Å². The summed E-state index contributed by atoms with van der Waals surface area (Å²) in [6.07, 6.45) is 10.6. The summed E-state index contributed by atoms with van der Waals surface area (Å²) in [5.74, 6) is 2.10. The molecule has 19 heavy (non-hydrogen) atoms. The van der Waals surface area contributed by atoms with Crippen LogP contribution in [0.3, 0.4) is 0 Å². The first-order valence-corrected chi connectivity index (χ1v) is 9.58. The summed E-state index contributed by atoms with van der Waals surface area (Å²) in [6, 6.07) is 0.754. The first kappa shape index (κ1) is 15.7. The monoisotopic (exact) mass is 284 g/mol. The summed E-state index contributed by atoms with van der Waals surface area (Å²) in [6.45, 7) is 8.55. The zero-order valence-corrected chi connectivity index (χ0v) is 13.9. The summed E-state index contributed by atoms with van der Waals surface area (Å²) in [5.41, 5.74) is 0.459. The molecule has 112 valence electrons. The summed E-state index contributed by atoms with van der Waals surface area (Å²) < 4.78 is 0. The van der Waals surface area contributed by atoms with E-state index in [0.29, 0.717) is 5.54 Å². The third-order valence-electron chi connectivity index (χ3n) is 5.36. The van der Waals surface area contributed by atoms with Crippen molar-refractivity contribution in [1.82, 2.24) is 10.2 Å². The quantitative estimate of drug-likeness (QED) is 0.833. The third kappa shape index (κ3) is 3.89. The molecule has 1 aliphatic heterocycles. The van der Waals surface area contributed by atoms with Crippen molar-refractivity contribution in [2.24, 2.45) is 5.92 Å². The fourth-order valence-corrected chi connectivity index (χ4v) is 4.28. The predicted octanol–water partition coefficient (Wildman–Crippen LogP) is 3.37. The molecule has 0 aromatic carbocycles. The molecule has 0 radical (unpaired) electrons. The van der Waals surface area contributed by atoms with E-state index in [9.17, 15) is 0 Å². The standard InChI is InChI=1S/C16H32N2S/c1-4-14(2)15-12-17-16(8-6-5-7-9-16)13-18(15)10-11-19-3/h14-15,17H,4-13H2,1-3H3. The topological polar surface area (TPSA) is 15.3 Å². The van der Waals surface area contributed by atoms with Gasteiger partial charge in [0.15, 0.2) is 0 Å². The van der Waals surface area contributed by atoms with Crippen molar-refractivity contribution in [3.8, 4) is 0 Å². The molecule has 2 atom stereocenters. The van der Waals surface area contributed by atoms with Gasteiger partial charge in [0.25, 0.3) is 0 Å². The lowest BCUT2D eigenvalue weighted by Crippen LogP contribution is -2.66. The summed E-state index contributed by atoms with van der Waals surface area (Å²) in [5, 5.41) is 3.96. The highest BCUT2D eigenvalue weighted by Crippen LogP contribution is 2.33. The molecule has 1 aliphatic carbocycles. The predicted molar refractivity (Wildman–Crippen MR) is 87.0 cm³/mol. The lowest BCUT2D eigenvalue weighted by Gasteiger charge is -2.51. The molecule has 0 aromatic heterocycles. The highest BCUT2D eigenvalue weighted by Gasteiger charge is 2.40. The fourth-order valence-electron chi connectivity index (χ4n) is 3.86. The molecule has 0 aromatic rings. The number of piperazine rings is 1. The smallest absolute Gasteiger partial charge is 0.0309 e. The number of nitrogens with zero attached hydrogens (tertiary/aromatic N) is 1. The number of nitrogens with one attached hydrogen (secondary N) is 1. The Morgan fingerprint density at radius 1 is 1.32 bits per heavy atom. The average molecular weight is 285 g/mol. The number of rotatable bonds is 5. The molecule has 2 nitrogen and oxygen atoms in total. The van der Waals surface area contributed by atoms with E-state index in [4.69, 9.17) is 0 Å². The van der Waals surface area contributed by atoms with E-state index >= 15 is 0 Å². The van der Waals surface area contributed by atoms with Crippen LogP contribution in [0.1, 0.15) is 52.4 Å². The van der Waals surface area contributed by atoms with E-state index in [1.54, 1.807) is 0 Å². The van der Waals surface area contributed by atoms with E-state index in [-0.39, 0.29) is 0 Å². The van der Waals surface area contributed by atoms with Gasteiger partial charge in [0, 0.05) is 37.0 Å². The molecule has 0 amide bonds. The normalized spacial score (nSPS) is 29.5. The molecule has 3 heteroatoms. The second kappa shape index (κ2) is 7.33. The Kier molecular flexibility index (Phi) is 6.04. The van der Waals surface area contributed by atoms with Crippen molar-refractivity contribution in [3.63, 3.8) is 0 Å². The van der Waals surface area contributed by atoms with Gasteiger partial charge < -0.3 is 5.32 Å². The Morgan fingerprint density at radius 2 is 2.05 bits per heavy atom. The van der Waals surface area contributed by atoms with Crippen LogP contribution in [0.25, 0.3) is 0 Å². The summed E-state index contributed by atoms with van der Waals surface area (Å²) in [7, 11) is 0. The molecule has 2 unspecified atom stereocenters. The molecular formula is C16H32N2S. The van der Waals surface area contributed by atoms with Gasteiger partial charge >= 0.3 is 0 Å². The Labute approximate surface area is 124 Å². The lowest BCUT2D eigenvalue weighted by atomic mass is 9.78. The van der Waals surface area contributed by atoms with Crippen LogP contribution in [-0.4, -0.2) is 48.1 Å². The van der Waals surface area contributed by atoms with Crippen LogP contribution in [0, 0.1) is 5.92 Å². The van der Waals surface area contributed by atoms with Crippen LogP contribution in [0.15, 0.2) is 0 Å². The summed E-state index contributed by atoms with van der Waals surface area (Å²) in [4.78, 5) is 2.81. The van der Waals surface area contributed by atoms with Crippen LogP contribution in [0.2, 0.25) is 0 Å². The van der Waals surface area contributed by atoms with Crippen molar-refractivity contribution in [3.05, 3.63) is 0 Å². The SMILES string of the molecule is CCC(C)C1CNC2(CCCCC2)CN1CCSC. The zero-order chi connectivity index (χ0) is 13.7.